The van der Waals surface area contributed by atoms with Gasteiger partial charge in [-0.3, -0.25) is 0 Å². The van der Waals surface area contributed by atoms with Gasteiger partial charge in [-0.05, 0) is 5.28 Å². The molecule has 0 atom stereocenters. The second-order valence-electron chi connectivity index (χ2n) is 0.578. The molecule has 0 aliphatic carbocycles. The molecule has 0 aromatic carbocycles. The zero-order chi connectivity index (χ0) is 4.99. The van der Waals surface area contributed by atoms with E-state index >= 15 is 0 Å². The Bertz CT molecular complexity index is 64.0. The van der Waals surface area contributed by atoms with E-state index < -0.39 is 0 Å². The molecule has 0 saturated heterocycles. The summed E-state index contributed by atoms with van der Waals surface area (Å²) in [4.78, 5) is -0.181. The predicted octanol–water partition coefficient (Wildman–Crippen LogP) is -3.41. The molecular formula is CH4N3NaO2. The minimum atomic E-state index is -0.181. The fourth-order valence-corrected chi connectivity index (χ4v) is 0.0408. The summed E-state index contributed by atoms with van der Waals surface area (Å²) < 4.78 is 0. The molecule has 0 unspecified atom stereocenters. The Morgan fingerprint density at radius 3 is 2.14 bits per heavy atom. The minimum Gasteiger partial charge on any atom is -0.737 e. The molecule has 36 valence electrons. The zero-order valence-electron chi connectivity index (χ0n) is 4.21. The fraction of sp³-hybridized carbons (Fsp3) is 1.00. The first-order valence-electron chi connectivity index (χ1n) is 1.29. The molecule has 0 bridgehead atoms. The molecule has 1 N–H and O–H groups in total. The molecule has 0 heterocycles. The maximum atomic E-state index is 9.51. The van der Waals surface area contributed by atoms with E-state index in [-0.39, 0.29) is 34.5 Å². The van der Waals surface area contributed by atoms with Crippen LogP contribution in [0, 0.1) is 10.4 Å². The molecule has 0 rings (SSSR count). The molecule has 0 saturated carbocycles. The summed E-state index contributed by atoms with van der Waals surface area (Å²) in [6.45, 7) is 0. The van der Waals surface area contributed by atoms with Crippen molar-refractivity contribution in [2.24, 2.45) is 5.28 Å². The van der Waals surface area contributed by atoms with Crippen molar-refractivity contribution in [3.63, 3.8) is 0 Å². The molecule has 0 aliphatic heterocycles. The molecule has 0 fully saturated rings. The van der Waals surface area contributed by atoms with Crippen LogP contribution in [0.4, 0.5) is 0 Å². The Morgan fingerprint density at radius 1 is 1.71 bits per heavy atom. The van der Waals surface area contributed by atoms with Gasteiger partial charge in [0.05, 0.1) is 7.05 Å². The summed E-state index contributed by atoms with van der Waals surface area (Å²) in [5.74, 6) is 0. The van der Waals surface area contributed by atoms with Gasteiger partial charge < -0.3 is 10.4 Å². The summed E-state index contributed by atoms with van der Waals surface area (Å²) in [6, 6.07) is 0. The molecule has 0 aliphatic rings. The van der Waals surface area contributed by atoms with E-state index in [1.165, 1.54) is 7.05 Å². The Kier molecular flexibility index (Phi) is 8.64. The molecule has 7 heavy (non-hydrogen) atoms. The van der Waals surface area contributed by atoms with E-state index in [1.54, 1.807) is 0 Å². The SMILES string of the molecule is CN/[N+]([O-])=N/[O-].[Na+]. The second-order valence-corrected chi connectivity index (χ2v) is 0.578. The van der Waals surface area contributed by atoms with Gasteiger partial charge in [-0.2, -0.15) is 5.43 Å². The monoisotopic (exact) mass is 113 g/mol. The first kappa shape index (κ1) is 10.1. The van der Waals surface area contributed by atoms with E-state index in [9.17, 15) is 5.21 Å². The molecule has 0 spiro atoms. The van der Waals surface area contributed by atoms with Gasteiger partial charge >= 0.3 is 29.6 Å². The summed E-state index contributed by atoms with van der Waals surface area (Å²) >= 11 is 0. The van der Waals surface area contributed by atoms with Gasteiger partial charge in [0.15, 0.2) is 0 Å². The van der Waals surface area contributed by atoms with Crippen LogP contribution in [0.3, 0.4) is 0 Å². The molecule has 5 nitrogen and oxygen atoms in total. The molecule has 0 radical (unpaired) electrons. The average Bonchev–Trinajstić information content (AvgIpc) is 1.65. The van der Waals surface area contributed by atoms with Crippen LogP contribution in [0.5, 0.6) is 0 Å². The summed E-state index contributed by atoms with van der Waals surface area (Å²) in [5, 5.41) is 20.5. The topological polar surface area (TPSA) is 73.5 Å². The average molecular weight is 113 g/mol. The summed E-state index contributed by atoms with van der Waals surface area (Å²) in [6.07, 6.45) is 0. The second kappa shape index (κ2) is 6.00. The van der Waals surface area contributed by atoms with Crippen LogP contribution >= 0.6 is 0 Å². The van der Waals surface area contributed by atoms with E-state index in [2.05, 4.69) is 0 Å². The Morgan fingerprint density at radius 2 is 2.14 bits per heavy atom. The van der Waals surface area contributed by atoms with Crippen LogP contribution in [0.2, 0.25) is 0 Å². The van der Waals surface area contributed by atoms with Gasteiger partial charge in [-0.1, -0.05) is 0 Å². The van der Waals surface area contributed by atoms with Crippen molar-refractivity contribution >= 4 is 0 Å². The fourth-order valence-electron chi connectivity index (χ4n) is 0.0408. The van der Waals surface area contributed by atoms with Crippen molar-refractivity contribution in [1.82, 2.24) is 5.43 Å². The normalized spacial score (nSPS) is 9.57. The third-order valence-electron chi connectivity index (χ3n) is 0.265. The van der Waals surface area contributed by atoms with Crippen molar-refractivity contribution in [3.05, 3.63) is 10.4 Å². The molecular weight excluding hydrogens is 109 g/mol. The van der Waals surface area contributed by atoms with E-state index in [1.807, 2.05) is 10.7 Å². The number of hydrazine groups is 1. The van der Waals surface area contributed by atoms with E-state index in [0.717, 1.165) is 0 Å². The van der Waals surface area contributed by atoms with Crippen LogP contribution in [0.1, 0.15) is 0 Å². The number of nitrogens with one attached hydrogen (secondary N) is 1. The van der Waals surface area contributed by atoms with Crippen LogP contribution in [-0.4, -0.2) is 12.0 Å². The van der Waals surface area contributed by atoms with Crippen LogP contribution in [-0.2, 0) is 0 Å². The van der Waals surface area contributed by atoms with Gasteiger partial charge in [0.2, 0.25) is 0 Å². The van der Waals surface area contributed by atoms with Gasteiger partial charge in [0.25, 0.3) is 0 Å². The quantitative estimate of drug-likeness (QED) is 0.166. The van der Waals surface area contributed by atoms with Gasteiger partial charge in [0, 0.05) is 4.97 Å². The summed E-state index contributed by atoms with van der Waals surface area (Å²) in [5.41, 5.74) is 1.91. The van der Waals surface area contributed by atoms with Crippen molar-refractivity contribution in [2.45, 2.75) is 0 Å². The molecule has 0 aromatic rings. The first-order chi connectivity index (χ1) is 2.81. The molecule has 0 amide bonds. The number of rotatable bonds is 1. The van der Waals surface area contributed by atoms with Gasteiger partial charge in [0.1, 0.15) is 0 Å². The Balaban J connectivity index is 0. The van der Waals surface area contributed by atoms with Crippen molar-refractivity contribution in [1.29, 1.82) is 0 Å². The maximum Gasteiger partial charge on any atom is 1.00 e. The van der Waals surface area contributed by atoms with Crippen LogP contribution < -0.4 is 35.0 Å². The first-order valence-corrected chi connectivity index (χ1v) is 1.29. The van der Waals surface area contributed by atoms with Crippen molar-refractivity contribution < 1.29 is 34.5 Å². The smallest absolute Gasteiger partial charge is 0.737 e. The van der Waals surface area contributed by atoms with E-state index in [4.69, 9.17) is 5.21 Å². The number of nitrogens with zero attached hydrogens (tertiary/aromatic N) is 2. The number of hydrogen-bond acceptors (Lipinski definition) is 3. The van der Waals surface area contributed by atoms with Crippen molar-refractivity contribution in [3.8, 4) is 0 Å². The largest absolute Gasteiger partial charge is 1.00 e. The Hall–Kier alpha value is 0. The van der Waals surface area contributed by atoms with Crippen LogP contribution in [0.15, 0.2) is 5.28 Å². The number of hydrogen-bond donors (Lipinski definition) is 1. The predicted molar refractivity (Wildman–Crippen MR) is 18.5 cm³/mol. The molecule has 0 aromatic heterocycles. The molecule has 6 heteroatoms. The van der Waals surface area contributed by atoms with Crippen LogP contribution in [0.25, 0.3) is 0 Å². The third-order valence-corrected chi connectivity index (χ3v) is 0.265. The van der Waals surface area contributed by atoms with E-state index in [0.29, 0.717) is 0 Å². The zero-order valence-corrected chi connectivity index (χ0v) is 6.21. The minimum absolute atomic E-state index is 0. The third kappa shape index (κ3) is 6.00. The standard InChI is InChI=1S/CH5N3O2.Na/c1-2-4(6)3-5;/h5H,1H3,(H,2,3);/q;+1/p-1. The maximum absolute atomic E-state index is 9.51. The summed E-state index contributed by atoms with van der Waals surface area (Å²) in [7, 11) is 1.30. The van der Waals surface area contributed by atoms with Gasteiger partial charge in [-0.15, -0.1) is 0 Å². The van der Waals surface area contributed by atoms with Crippen molar-refractivity contribution in [2.75, 3.05) is 7.05 Å². The van der Waals surface area contributed by atoms with Gasteiger partial charge in [-0.25, -0.2) is 0 Å². The Labute approximate surface area is 62.8 Å².